The van der Waals surface area contributed by atoms with Gasteiger partial charge in [0, 0.05) is 12.8 Å². The smallest absolute Gasteiger partial charge is 0.306 e. The molecule has 0 rings (SSSR count). The molecule has 0 heterocycles. The van der Waals surface area contributed by atoms with Gasteiger partial charge in [0.1, 0.15) is 6.61 Å². The lowest BCUT2D eigenvalue weighted by Crippen LogP contribution is -2.28. The van der Waals surface area contributed by atoms with E-state index in [4.69, 9.17) is 9.47 Å². The summed E-state index contributed by atoms with van der Waals surface area (Å²) < 4.78 is 10.5. The molecule has 0 radical (unpaired) electrons. The fourth-order valence-corrected chi connectivity index (χ4v) is 4.60. The summed E-state index contributed by atoms with van der Waals surface area (Å²) in [5, 5.41) is 19.4. The summed E-state index contributed by atoms with van der Waals surface area (Å²) in [4.78, 5) is 24.1. The number of hydrogen-bond donors (Lipinski definition) is 2. The number of rotatable bonds is 31. The van der Waals surface area contributed by atoms with Crippen molar-refractivity contribution in [3.05, 3.63) is 72.9 Å². The van der Waals surface area contributed by atoms with Gasteiger partial charge in [-0.3, -0.25) is 9.59 Å². The molecule has 6 heteroatoms. The summed E-state index contributed by atoms with van der Waals surface area (Å²) in [6.07, 6.45) is 42.8. The van der Waals surface area contributed by atoms with Gasteiger partial charge in [0.05, 0.1) is 12.7 Å². The van der Waals surface area contributed by atoms with E-state index in [1.165, 1.54) is 57.8 Å². The van der Waals surface area contributed by atoms with Gasteiger partial charge in [0.2, 0.25) is 0 Å². The van der Waals surface area contributed by atoms with Gasteiger partial charge >= 0.3 is 11.9 Å². The molecule has 0 saturated heterocycles. The van der Waals surface area contributed by atoms with Crippen molar-refractivity contribution >= 4 is 11.9 Å². The maximum Gasteiger partial charge on any atom is 0.306 e. The number of carbonyl (C=O) groups excluding carboxylic acids is 2. The largest absolute Gasteiger partial charge is 0.462 e. The lowest BCUT2D eigenvalue weighted by molar-refractivity contribution is -0.161. The normalized spacial score (nSPS) is 13.7. The number of ether oxygens (including phenoxy) is 2. The topological polar surface area (TPSA) is 93.1 Å². The number of carbonyl (C=O) groups is 2. The van der Waals surface area contributed by atoms with E-state index < -0.39 is 12.2 Å². The first-order chi connectivity index (χ1) is 22.5. The average molecular weight is 643 g/mol. The van der Waals surface area contributed by atoms with E-state index in [0.29, 0.717) is 19.3 Å². The second kappa shape index (κ2) is 35.2. The second-order valence-corrected chi connectivity index (χ2v) is 11.8. The van der Waals surface area contributed by atoms with E-state index in [9.17, 15) is 19.8 Å². The van der Waals surface area contributed by atoms with Crippen molar-refractivity contribution in [2.45, 2.75) is 154 Å². The Morgan fingerprint density at radius 3 is 1.83 bits per heavy atom. The molecule has 1 unspecified atom stereocenters. The van der Waals surface area contributed by atoms with Crippen LogP contribution < -0.4 is 0 Å². The molecule has 0 spiro atoms. The highest BCUT2D eigenvalue weighted by atomic mass is 16.6. The summed E-state index contributed by atoms with van der Waals surface area (Å²) in [6, 6.07) is 0. The summed E-state index contributed by atoms with van der Waals surface area (Å²) >= 11 is 0. The van der Waals surface area contributed by atoms with Crippen LogP contribution >= 0.6 is 0 Å². The van der Waals surface area contributed by atoms with Crippen LogP contribution in [0.5, 0.6) is 0 Å². The molecule has 0 aliphatic heterocycles. The number of esters is 2. The van der Waals surface area contributed by atoms with Crippen LogP contribution in [0.25, 0.3) is 0 Å². The lowest BCUT2D eigenvalue weighted by atomic mass is 10.0. The Kier molecular flexibility index (Phi) is 33.1. The SMILES string of the molecule is CC/C=C\C/C=C\CC(O)/C=C/C=C\C/C=C\C/C=C\CCC(=O)OC[C@H](CO)OC(=O)CCCCCCCCCCCCCC. The van der Waals surface area contributed by atoms with Gasteiger partial charge in [-0.25, -0.2) is 0 Å². The Hall–Kier alpha value is -2.70. The molecule has 2 atom stereocenters. The van der Waals surface area contributed by atoms with Gasteiger partial charge in [0.15, 0.2) is 6.10 Å². The van der Waals surface area contributed by atoms with Crippen LogP contribution in [-0.2, 0) is 19.1 Å². The summed E-state index contributed by atoms with van der Waals surface area (Å²) in [5.74, 6) is -0.724. The van der Waals surface area contributed by atoms with E-state index in [2.05, 4.69) is 44.2 Å². The molecule has 2 N–H and O–H groups in total. The Labute approximate surface area is 281 Å². The summed E-state index contributed by atoms with van der Waals surface area (Å²) in [6.45, 7) is 3.86. The van der Waals surface area contributed by atoms with Crippen LogP contribution in [-0.4, -0.2) is 47.6 Å². The highest BCUT2D eigenvalue weighted by Gasteiger charge is 2.15. The van der Waals surface area contributed by atoms with Crippen molar-refractivity contribution in [1.29, 1.82) is 0 Å². The Morgan fingerprint density at radius 2 is 1.20 bits per heavy atom. The third-order valence-electron chi connectivity index (χ3n) is 7.36. The molecular weight excluding hydrogens is 576 g/mol. The van der Waals surface area contributed by atoms with Crippen LogP contribution in [0, 0.1) is 0 Å². The third-order valence-corrected chi connectivity index (χ3v) is 7.36. The first kappa shape index (κ1) is 43.3. The molecule has 6 nitrogen and oxygen atoms in total. The zero-order chi connectivity index (χ0) is 33.8. The van der Waals surface area contributed by atoms with Gasteiger partial charge in [0.25, 0.3) is 0 Å². The quantitative estimate of drug-likeness (QED) is 0.0338. The third kappa shape index (κ3) is 32.7. The monoisotopic (exact) mass is 642 g/mol. The van der Waals surface area contributed by atoms with Gasteiger partial charge in [-0.1, -0.05) is 157 Å². The minimum Gasteiger partial charge on any atom is -0.462 e. The minimum atomic E-state index is -0.816. The van der Waals surface area contributed by atoms with Gasteiger partial charge in [-0.05, 0) is 44.9 Å². The molecule has 0 amide bonds. The van der Waals surface area contributed by atoms with Crippen LogP contribution in [0.15, 0.2) is 72.9 Å². The lowest BCUT2D eigenvalue weighted by Gasteiger charge is -2.15. The molecule has 0 saturated carbocycles. The first-order valence-corrected chi connectivity index (χ1v) is 18.1. The molecule has 0 aromatic carbocycles. The number of hydrogen-bond acceptors (Lipinski definition) is 6. The van der Waals surface area contributed by atoms with Gasteiger partial charge < -0.3 is 19.7 Å². The number of aliphatic hydroxyl groups excluding tert-OH is 2. The van der Waals surface area contributed by atoms with Crippen molar-refractivity contribution in [2.24, 2.45) is 0 Å². The minimum absolute atomic E-state index is 0.123. The molecule has 0 aliphatic carbocycles. The zero-order valence-electron chi connectivity index (χ0n) is 29.2. The fourth-order valence-electron chi connectivity index (χ4n) is 4.60. The average Bonchev–Trinajstić information content (AvgIpc) is 3.05. The summed E-state index contributed by atoms with van der Waals surface area (Å²) in [7, 11) is 0. The highest BCUT2D eigenvalue weighted by molar-refractivity contribution is 5.70. The van der Waals surface area contributed by atoms with Crippen LogP contribution in [0.2, 0.25) is 0 Å². The van der Waals surface area contributed by atoms with E-state index >= 15 is 0 Å². The van der Waals surface area contributed by atoms with Crippen molar-refractivity contribution in [1.82, 2.24) is 0 Å². The van der Waals surface area contributed by atoms with Crippen molar-refractivity contribution in [3.8, 4) is 0 Å². The van der Waals surface area contributed by atoms with Crippen LogP contribution in [0.1, 0.15) is 142 Å². The number of unbranched alkanes of at least 4 members (excludes halogenated alkanes) is 11. The predicted molar refractivity (Wildman–Crippen MR) is 192 cm³/mol. The zero-order valence-corrected chi connectivity index (χ0v) is 29.2. The Bertz CT molecular complexity index is 882. The van der Waals surface area contributed by atoms with Gasteiger partial charge in [-0.2, -0.15) is 0 Å². The van der Waals surface area contributed by atoms with E-state index in [0.717, 1.165) is 44.9 Å². The fraction of sp³-hybridized carbons (Fsp3) is 0.650. The maximum atomic E-state index is 12.1. The van der Waals surface area contributed by atoms with E-state index in [1.807, 2.05) is 36.5 Å². The van der Waals surface area contributed by atoms with E-state index in [-0.39, 0.29) is 31.6 Å². The number of aliphatic hydroxyl groups is 2. The molecule has 0 aromatic rings. The van der Waals surface area contributed by atoms with Crippen molar-refractivity contribution in [2.75, 3.05) is 13.2 Å². The summed E-state index contributed by atoms with van der Waals surface area (Å²) in [5.41, 5.74) is 0. The Balaban J connectivity index is 3.81. The van der Waals surface area contributed by atoms with Crippen LogP contribution in [0.3, 0.4) is 0 Å². The molecule has 0 bridgehead atoms. The molecule has 0 aliphatic rings. The van der Waals surface area contributed by atoms with E-state index in [1.54, 1.807) is 6.08 Å². The molecular formula is C40H66O6. The molecule has 46 heavy (non-hydrogen) atoms. The maximum absolute atomic E-state index is 12.1. The van der Waals surface area contributed by atoms with Crippen molar-refractivity contribution in [3.63, 3.8) is 0 Å². The Morgan fingerprint density at radius 1 is 0.630 bits per heavy atom. The second-order valence-electron chi connectivity index (χ2n) is 11.8. The van der Waals surface area contributed by atoms with Crippen molar-refractivity contribution < 1.29 is 29.3 Å². The standard InChI is InChI=1S/C40H66O6/c1-3-5-7-9-11-12-13-14-19-22-26-30-34-40(44)46-38(35-41)36-45-39(43)33-29-25-21-18-16-15-17-20-24-28-32-37(42)31-27-23-10-8-6-4-2/h6,8,15-16,20-21,23-25,27-28,32,37-38,41-42H,3-5,7,9-14,17-19,22,26,29-31,33-36H2,1-2H3/b8-6-,16-15-,24-20-,25-21-,27-23-,32-28+/t37?,38-/m0/s1. The molecule has 0 fully saturated rings. The van der Waals surface area contributed by atoms with Gasteiger partial charge in [-0.15, -0.1) is 0 Å². The first-order valence-electron chi connectivity index (χ1n) is 18.1. The molecule has 262 valence electrons. The van der Waals surface area contributed by atoms with Crippen LogP contribution in [0.4, 0.5) is 0 Å². The molecule has 0 aromatic heterocycles. The predicted octanol–water partition coefficient (Wildman–Crippen LogP) is 9.97. The highest BCUT2D eigenvalue weighted by Crippen LogP contribution is 2.13. The number of allylic oxidation sites excluding steroid dienone is 10.